The van der Waals surface area contributed by atoms with Crippen LogP contribution >= 0.6 is 11.6 Å². The van der Waals surface area contributed by atoms with Crippen molar-refractivity contribution in [3.63, 3.8) is 0 Å². The normalized spacial score (nSPS) is 24.5. The number of benzene rings is 1. The molecule has 0 amide bonds. The Balaban J connectivity index is 1.79. The fourth-order valence-corrected chi connectivity index (χ4v) is 3.39. The van der Waals surface area contributed by atoms with Gasteiger partial charge in [0.15, 0.2) is 11.5 Å². The van der Waals surface area contributed by atoms with E-state index in [9.17, 15) is 4.79 Å². The summed E-state index contributed by atoms with van der Waals surface area (Å²) in [5.74, 6) is 1.13. The lowest BCUT2D eigenvalue weighted by Gasteiger charge is -2.23. The molecule has 3 unspecified atom stereocenters. The molecule has 1 heterocycles. The fourth-order valence-electron chi connectivity index (χ4n) is 3.08. The van der Waals surface area contributed by atoms with Crippen LogP contribution in [-0.4, -0.2) is 24.3 Å². The van der Waals surface area contributed by atoms with Gasteiger partial charge in [0, 0.05) is 11.1 Å². The molecule has 1 fully saturated rings. The van der Waals surface area contributed by atoms with Crippen LogP contribution in [0.25, 0.3) is 0 Å². The molecule has 5 heteroatoms. The summed E-state index contributed by atoms with van der Waals surface area (Å²) < 4.78 is 11.1. The molecule has 1 aliphatic heterocycles. The molecule has 114 valence electrons. The molecule has 3 atom stereocenters. The van der Waals surface area contributed by atoms with Crippen LogP contribution in [-0.2, 0) is 4.79 Å². The van der Waals surface area contributed by atoms with Gasteiger partial charge < -0.3 is 14.6 Å². The van der Waals surface area contributed by atoms with Gasteiger partial charge in [0.1, 0.15) is 13.2 Å². The molecule has 2 aliphatic rings. The van der Waals surface area contributed by atoms with Crippen molar-refractivity contribution in [3.05, 3.63) is 22.7 Å². The van der Waals surface area contributed by atoms with E-state index in [2.05, 4.69) is 6.92 Å². The number of carbonyl (C=O) groups is 1. The predicted octanol–water partition coefficient (Wildman–Crippen LogP) is 3.72. The smallest absolute Gasteiger partial charge is 0.306 e. The van der Waals surface area contributed by atoms with E-state index >= 15 is 0 Å². The highest BCUT2D eigenvalue weighted by Gasteiger charge is 2.44. The zero-order valence-electron chi connectivity index (χ0n) is 12.0. The highest BCUT2D eigenvalue weighted by Crippen LogP contribution is 2.48. The summed E-state index contributed by atoms with van der Waals surface area (Å²) in [5.41, 5.74) is 1.04. The Morgan fingerprint density at radius 1 is 1.38 bits per heavy atom. The molecule has 1 N–H and O–H groups in total. The van der Waals surface area contributed by atoms with Crippen LogP contribution < -0.4 is 9.47 Å². The fraction of sp³-hybridized carbons (Fsp3) is 0.562. The molecule has 1 aromatic carbocycles. The van der Waals surface area contributed by atoms with E-state index in [0.29, 0.717) is 24.0 Å². The molecule has 1 aromatic rings. The second-order valence-electron chi connectivity index (χ2n) is 5.80. The SMILES string of the molecule is CCC(CC1CC1C(=O)O)c1cc2c(cc1Cl)OCCO2. The summed E-state index contributed by atoms with van der Waals surface area (Å²) in [5, 5.41) is 9.71. The molecule has 0 aromatic heterocycles. The maximum atomic E-state index is 11.0. The molecule has 0 spiro atoms. The van der Waals surface area contributed by atoms with Crippen molar-refractivity contribution in [1.29, 1.82) is 0 Å². The van der Waals surface area contributed by atoms with Gasteiger partial charge in [0.05, 0.1) is 5.92 Å². The quantitative estimate of drug-likeness (QED) is 0.900. The first-order chi connectivity index (χ1) is 10.1. The van der Waals surface area contributed by atoms with Crippen LogP contribution in [0.3, 0.4) is 0 Å². The topological polar surface area (TPSA) is 55.8 Å². The molecular formula is C16H19ClO4. The van der Waals surface area contributed by atoms with Crippen molar-refractivity contribution in [2.45, 2.75) is 32.1 Å². The van der Waals surface area contributed by atoms with E-state index in [1.165, 1.54) is 0 Å². The summed E-state index contributed by atoms with van der Waals surface area (Å²) in [7, 11) is 0. The van der Waals surface area contributed by atoms with E-state index in [1.54, 1.807) is 0 Å². The molecule has 4 nitrogen and oxygen atoms in total. The number of hydrogen-bond donors (Lipinski definition) is 1. The molecular weight excluding hydrogens is 292 g/mol. The lowest BCUT2D eigenvalue weighted by molar-refractivity contribution is -0.138. The number of rotatable bonds is 5. The predicted molar refractivity (Wildman–Crippen MR) is 79.3 cm³/mol. The summed E-state index contributed by atoms with van der Waals surface area (Å²) >= 11 is 6.39. The Labute approximate surface area is 129 Å². The Kier molecular flexibility index (Phi) is 3.98. The van der Waals surface area contributed by atoms with Crippen LogP contribution in [0.15, 0.2) is 12.1 Å². The van der Waals surface area contributed by atoms with E-state index in [4.69, 9.17) is 26.2 Å². The Bertz CT molecular complexity index is 557. The largest absolute Gasteiger partial charge is 0.486 e. The van der Waals surface area contributed by atoms with Gasteiger partial charge in [-0.15, -0.1) is 0 Å². The molecule has 0 bridgehead atoms. The lowest BCUT2D eigenvalue weighted by atomic mass is 9.90. The van der Waals surface area contributed by atoms with Gasteiger partial charge in [-0.2, -0.15) is 0 Å². The van der Waals surface area contributed by atoms with Crippen molar-refractivity contribution >= 4 is 17.6 Å². The Morgan fingerprint density at radius 2 is 2.05 bits per heavy atom. The average Bonchev–Trinajstić information content (AvgIpc) is 3.24. The molecule has 1 saturated carbocycles. The van der Waals surface area contributed by atoms with Gasteiger partial charge in [-0.25, -0.2) is 0 Å². The zero-order valence-corrected chi connectivity index (χ0v) is 12.7. The number of fused-ring (bicyclic) bond motifs is 1. The molecule has 1 aliphatic carbocycles. The van der Waals surface area contributed by atoms with Gasteiger partial charge in [0.2, 0.25) is 0 Å². The Morgan fingerprint density at radius 3 is 2.62 bits per heavy atom. The second kappa shape index (κ2) is 5.76. The third kappa shape index (κ3) is 2.95. The monoisotopic (exact) mass is 310 g/mol. The van der Waals surface area contributed by atoms with Crippen molar-refractivity contribution in [1.82, 2.24) is 0 Å². The molecule has 0 saturated heterocycles. The van der Waals surface area contributed by atoms with E-state index < -0.39 is 5.97 Å². The van der Waals surface area contributed by atoms with Crippen LogP contribution in [0.5, 0.6) is 11.5 Å². The first-order valence-corrected chi connectivity index (χ1v) is 7.79. The maximum absolute atomic E-state index is 11.0. The van der Waals surface area contributed by atoms with Gasteiger partial charge in [0.25, 0.3) is 0 Å². The number of carboxylic acid groups (broad SMARTS) is 1. The third-order valence-electron chi connectivity index (χ3n) is 4.42. The molecule has 21 heavy (non-hydrogen) atoms. The average molecular weight is 311 g/mol. The van der Waals surface area contributed by atoms with Crippen LogP contribution in [0, 0.1) is 11.8 Å². The van der Waals surface area contributed by atoms with E-state index in [-0.39, 0.29) is 17.8 Å². The van der Waals surface area contributed by atoms with Crippen molar-refractivity contribution < 1.29 is 19.4 Å². The minimum absolute atomic E-state index is 0.171. The summed E-state index contributed by atoms with van der Waals surface area (Å²) in [4.78, 5) is 11.0. The maximum Gasteiger partial charge on any atom is 0.306 e. The number of aliphatic carboxylic acids is 1. The summed E-state index contributed by atoms with van der Waals surface area (Å²) in [6.07, 6.45) is 2.59. The minimum Gasteiger partial charge on any atom is -0.486 e. The Hall–Kier alpha value is -1.42. The van der Waals surface area contributed by atoms with Crippen LogP contribution in [0.4, 0.5) is 0 Å². The zero-order chi connectivity index (χ0) is 15.0. The number of hydrogen-bond acceptors (Lipinski definition) is 3. The van der Waals surface area contributed by atoms with Gasteiger partial charge in [-0.1, -0.05) is 18.5 Å². The number of carboxylic acids is 1. The van der Waals surface area contributed by atoms with Gasteiger partial charge in [-0.05, 0) is 42.7 Å². The second-order valence-corrected chi connectivity index (χ2v) is 6.21. The van der Waals surface area contributed by atoms with Crippen molar-refractivity contribution in [2.75, 3.05) is 13.2 Å². The van der Waals surface area contributed by atoms with Gasteiger partial charge >= 0.3 is 5.97 Å². The first-order valence-electron chi connectivity index (χ1n) is 7.42. The minimum atomic E-state index is -0.678. The standard InChI is InChI=1S/C16H19ClO4/c1-2-9(5-10-6-12(10)16(18)19)11-7-14-15(8-13(11)17)21-4-3-20-14/h7-10,12H,2-6H2,1H3,(H,18,19). The lowest BCUT2D eigenvalue weighted by Crippen LogP contribution is -2.16. The van der Waals surface area contributed by atoms with Crippen LogP contribution in [0.1, 0.15) is 37.7 Å². The molecule has 0 radical (unpaired) electrons. The summed E-state index contributed by atoms with van der Waals surface area (Å²) in [6, 6.07) is 3.78. The van der Waals surface area contributed by atoms with Crippen molar-refractivity contribution in [2.24, 2.45) is 11.8 Å². The van der Waals surface area contributed by atoms with E-state index in [0.717, 1.165) is 30.6 Å². The number of halogens is 1. The number of ether oxygens (including phenoxy) is 2. The highest BCUT2D eigenvalue weighted by atomic mass is 35.5. The van der Waals surface area contributed by atoms with E-state index in [1.807, 2.05) is 12.1 Å². The summed E-state index contributed by atoms with van der Waals surface area (Å²) in [6.45, 7) is 3.20. The third-order valence-corrected chi connectivity index (χ3v) is 4.75. The van der Waals surface area contributed by atoms with Gasteiger partial charge in [-0.3, -0.25) is 4.79 Å². The first kappa shape index (κ1) is 14.5. The highest BCUT2D eigenvalue weighted by molar-refractivity contribution is 6.31. The molecule has 3 rings (SSSR count). The van der Waals surface area contributed by atoms with Crippen LogP contribution in [0.2, 0.25) is 5.02 Å². The van der Waals surface area contributed by atoms with Crippen molar-refractivity contribution in [3.8, 4) is 11.5 Å².